The SMILES string of the molecule is COc1ccc2c(c1)nc(CCl)n2CC1(SC)CCCC1. The average Bonchev–Trinajstić information content (AvgIpc) is 3.12. The van der Waals surface area contributed by atoms with E-state index in [2.05, 4.69) is 21.9 Å². The van der Waals surface area contributed by atoms with Gasteiger partial charge in [0.25, 0.3) is 0 Å². The van der Waals surface area contributed by atoms with Crippen molar-refractivity contribution in [3.63, 3.8) is 0 Å². The molecule has 1 aromatic carbocycles. The molecule has 0 saturated heterocycles. The summed E-state index contributed by atoms with van der Waals surface area (Å²) < 4.78 is 7.94. The second-order valence-electron chi connectivity index (χ2n) is 5.70. The Morgan fingerprint density at radius 3 is 2.76 bits per heavy atom. The summed E-state index contributed by atoms with van der Waals surface area (Å²) in [6.07, 6.45) is 7.46. The number of nitrogens with zero attached hydrogens (tertiary/aromatic N) is 2. The largest absolute Gasteiger partial charge is 0.497 e. The van der Waals surface area contributed by atoms with Crippen molar-refractivity contribution in [1.82, 2.24) is 9.55 Å². The Hall–Kier alpha value is -0.870. The Morgan fingerprint density at radius 2 is 2.14 bits per heavy atom. The van der Waals surface area contributed by atoms with Crippen LogP contribution in [-0.4, -0.2) is 27.7 Å². The first-order valence-corrected chi connectivity index (χ1v) is 9.11. The normalized spacial score (nSPS) is 17.5. The molecule has 1 heterocycles. The van der Waals surface area contributed by atoms with Crippen molar-refractivity contribution in [3.05, 3.63) is 24.0 Å². The zero-order chi connectivity index (χ0) is 14.9. The average molecular weight is 325 g/mol. The van der Waals surface area contributed by atoms with Crippen molar-refractivity contribution in [2.45, 2.75) is 42.9 Å². The molecular formula is C16H21ClN2OS. The first-order chi connectivity index (χ1) is 10.2. The molecule has 0 amide bonds. The number of rotatable bonds is 5. The fraction of sp³-hybridized carbons (Fsp3) is 0.562. The predicted molar refractivity (Wildman–Crippen MR) is 90.6 cm³/mol. The maximum absolute atomic E-state index is 6.13. The molecule has 3 nitrogen and oxygen atoms in total. The fourth-order valence-corrected chi connectivity index (χ4v) is 4.46. The lowest BCUT2D eigenvalue weighted by Gasteiger charge is -2.28. The van der Waals surface area contributed by atoms with E-state index >= 15 is 0 Å². The fourth-order valence-electron chi connectivity index (χ4n) is 3.30. The van der Waals surface area contributed by atoms with Gasteiger partial charge in [-0.15, -0.1) is 11.6 Å². The molecule has 0 unspecified atom stereocenters. The minimum atomic E-state index is 0.342. The Kier molecular flexibility index (Phi) is 4.36. The van der Waals surface area contributed by atoms with Gasteiger partial charge in [0.2, 0.25) is 0 Å². The molecule has 0 atom stereocenters. The van der Waals surface area contributed by atoms with Gasteiger partial charge in [0, 0.05) is 17.4 Å². The summed E-state index contributed by atoms with van der Waals surface area (Å²) in [4.78, 5) is 4.69. The van der Waals surface area contributed by atoms with Crippen LogP contribution in [-0.2, 0) is 12.4 Å². The second-order valence-corrected chi connectivity index (χ2v) is 7.24. The standard InChI is InChI=1S/C16H21ClN2OS/c1-20-12-5-6-14-13(9-12)18-15(10-17)19(14)11-16(21-2)7-3-4-8-16/h5-6,9H,3-4,7-8,10-11H2,1-2H3. The lowest BCUT2D eigenvalue weighted by Crippen LogP contribution is -2.27. The van der Waals surface area contributed by atoms with Crippen LogP contribution in [0.3, 0.4) is 0 Å². The van der Waals surface area contributed by atoms with E-state index in [0.717, 1.165) is 29.2 Å². The number of hydrogen-bond acceptors (Lipinski definition) is 3. The van der Waals surface area contributed by atoms with Crippen molar-refractivity contribution in [3.8, 4) is 5.75 Å². The van der Waals surface area contributed by atoms with Crippen molar-refractivity contribution in [2.75, 3.05) is 13.4 Å². The Balaban J connectivity index is 2.03. The third-order valence-corrected chi connectivity index (χ3v) is 6.19. The Morgan fingerprint density at radius 1 is 1.38 bits per heavy atom. The highest BCUT2D eigenvalue weighted by Gasteiger charge is 2.34. The van der Waals surface area contributed by atoms with Crippen LogP contribution in [0.4, 0.5) is 0 Å². The molecule has 1 saturated carbocycles. The summed E-state index contributed by atoms with van der Waals surface area (Å²) in [6, 6.07) is 6.08. The van der Waals surface area contributed by atoms with E-state index in [-0.39, 0.29) is 0 Å². The number of halogens is 1. The second kappa shape index (κ2) is 6.09. The monoisotopic (exact) mass is 324 g/mol. The molecule has 1 aliphatic rings. The van der Waals surface area contributed by atoms with Crippen LogP contribution in [0.25, 0.3) is 11.0 Å². The van der Waals surface area contributed by atoms with E-state index in [0.29, 0.717) is 10.6 Å². The third kappa shape index (κ3) is 2.76. The van der Waals surface area contributed by atoms with Gasteiger partial charge in [-0.1, -0.05) is 12.8 Å². The van der Waals surface area contributed by atoms with Crippen LogP contribution in [0.15, 0.2) is 18.2 Å². The van der Waals surface area contributed by atoms with Gasteiger partial charge in [-0.25, -0.2) is 4.98 Å². The lowest BCUT2D eigenvalue weighted by atomic mass is 10.1. The number of alkyl halides is 1. The number of hydrogen-bond donors (Lipinski definition) is 0. The van der Waals surface area contributed by atoms with Crippen molar-refractivity contribution in [1.29, 1.82) is 0 Å². The molecule has 0 spiro atoms. The minimum Gasteiger partial charge on any atom is -0.497 e. The number of thioether (sulfide) groups is 1. The maximum atomic E-state index is 6.13. The summed E-state index contributed by atoms with van der Waals surface area (Å²) in [6.45, 7) is 0.999. The highest BCUT2D eigenvalue weighted by Crippen LogP contribution is 2.42. The first-order valence-electron chi connectivity index (χ1n) is 7.35. The molecule has 1 fully saturated rings. The Bertz CT molecular complexity index is 634. The quantitative estimate of drug-likeness (QED) is 0.760. The molecule has 1 aromatic heterocycles. The molecule has 21 heavy (non-hydrogen) atoms. The molecule has 0 bridgehead atoms. The smallest absolute Gasteiger partial charge is 0.124 e. The number of aromatic nitrogens is 2. The number of benzene rings is 1. The van der Waals surface area contributed by atoms with Gasteiger partial charge in [-0.3, -0.25) is 0 Å². The zero-order valence-corrected chi connectivity index (χ0v) is 14.1. The van der Waals surface area contributed by atoms with E-state index in [9.17, 15) is 0 Å². The summed E-state index contributed by atoms with van der Waals surface area (Å²) >= 11 is 8.13. The summed E-state index contributed by atoms with van der Waals surface area (Å²) in [5.41, 5.74) is 2.13. The zero-order valence-electron chi connectivity index (χ0n) is 12.6. The molecule has 1 aliphatic carbocycles. The van der Waals surface area contributed by atoms with E-state index in [1.165, 1.54) is 25.7 Å². The van der Waals surface area contributed by atoms with Crippen molar-refractivity contribution in [2.24, 2.45) is 0 Å². The predicted octanol–water partition coefficient (Wildman–Crippen LogP) is 4.46. The van der Waals surface area contributed by atoms with Gasteiger partial charge in [0.15, 0.2) is 0 Å². The molecule has 0 radical (unpaired) electrons. The van der Waals surface area contributed by atoms with E-state index in [1.807, 2.05) is 23.9 Å². The van der Waals surface area contributed by atoms with Crippen molar-refractivity contribution >= 4 is 34.4 Å². The van der Waals surface area contributed by atoms with Gasteiger partial charge < -0.3 is 9.30 Å². The van der Waals surface area contributed by atoms with Crippen molar-refractivity contribution < 1.29 is 4.74 Å². The molecular weight excluding hydrogens is 304 g/mol. The number of fused-ring (bicyclic) bond motifs is 1. The molecule has 114 valence electrons. The van der Waals surface area contributed by atoms with Gasteiger partial charge >= 0.3 is 0 Å². The summed E-state index contributed by atoms with van der Waals surface area (Å²) in [5, 5.41) is 0. The highest BCUT2D eigenvalue weighted by atomic mass is 35.5. The van der Waals surface area contributed by atoms with Gasteiger partial charge in [-0.2, -0.15) is 11.8 Å². The Labute approximate surface area is 135 Å². The summed E-state index contributed by atoms with van der Waals surface area (Å²) in [7, 11) is 1.68. The lowest BCUT2D eigenvalue weighted by molar-refractivity contribution is 0.415. The van der Waals surface area contributed by atoms with E-state index < -0.39 is 0 Å². The summed E-state index contributed by atoms with van der Waals surface area (Å²) in [5.74, 6) is 2.25. The molecule has 3 rings (SSSR count). The van der Waals surface area contributed by atoms with E-state index in [4.69, 9.17) is 16.3 Å². The van der Waals surface area contributed by atoms with E-state index in [1.54, 1.807) is 7.11 Å². The molecule has 0 aliphatic heterocycles. The van der Waals surface area contributed by atoms with Crippen LogP contribution < -0.4 is 4.74 Å². The minimum absolute atomic E-state index is 0.342. The maximum Gasteiger partial charge on any atom is 0.124 e. The number of methoxy groups -OCH3 is 1. The van der Waals surface area contributed by atoms with Crippen LogP contribution in [0.5, 0.6) is 5.75 Å². The van der Waals surface area contributed by atoms with Crippen LogP contribution in [0.1, 0.15) is 31.5 Å². The van der Waals surface area contributed by atoms with Crippen LogP contribution in [0, 0.1) is 0 Å². The van der Waals surface area contributed by atoms with Gasteiger partial charge in [-0.05, 0) is 31.2 Å². The molecule has 0 N–H and O–H groups in total. The first kappa shape index (κ1) is 15.0. The van der Waals surface area contributed by atoms with Crippen LogP contribution >= 0.6 is 23.4 Å². The highest BCUT2D eigenvalue weighted by molar-refractivity contribution is 8.00. The molecule has 2 aromatic rings. The molecule has 5 heteroatoms. The van der Waals surface area contributed by atoms with Gasteiger partial charge in [0.1, 0.15) is 11.6 Å². The number of imidazole rings is 1. The van der Waals surface area contributed by atoms with Crippen LogP contribution in [0.2, 0.25) is 0 Å². The topological polar surface area (TPSA) is 27.1 Å². The van der Waals surface area contributed by atoms with Gasteiger partial charge in [0.05, 0.1) is 24.0 Å². The number of ether oxygens (including phenoxy) is 1. The third-order valence-electron chi connectivity index (χ3n) is 4.55.